The molecule has 0 aromatic heterocycles. The molecular weight excluding hydrogens is 322 g/mol. The van der Waals surface area contributed by atoms with E-state index in [1.807, 2.05) is 42.5 Å². The lowest BCUT2D eigenvalue weighted by Gasteiger charge is -2.37. The van der Waals surface area contributed by atoms with Gasteiger partial charge in [-0.25, -0.2) is 0 Å². The molecule has 6 atom stereocenters. The van der Waals surface area contributed by atoms with Gasteiger partial charge in [-0.2, -0.15) is 0 Å². The Hall–Kier alpha value is -2.68. The van der Waals surface area contributed by atoms with E-state index in [9.17, 15) is 9.59 Å². The highest BCUT2D eigenvalue weighted by atomic mass is 16.2. The summed E-state index contributed by atoms with van der Waals surface area (Å²) in [6.07, 6.45) is 5.63. The molecule has 3 heteroatoms. The molecule has 5 aliphatic rings. The number of nitrogens with zero attached hydrogens (tertiary/aromatic N) is 1. The van der Waals surface area contributed by atoms with Crippen LogP contribution in [0.2, 0.25) is 0 Å². The maximum atomic E-state index is 13.1. The predicted molar refractivity (Wildman–Crippen MR) is 99.1 cm³/mol. The Bertz CT molecular complexity index is 910. The standard InChI is InChI=1S/C23H19NO2/c25-22-20-16-10-11-17(19-12-18(16)19)21(20)23(26)24(22)15-8-6-14(7-9-15)13-4-2-1-3-5-13/h1-11,16-21H,12H2/t16-,17-,18-,19-,20+,21+/m1/s1. The van der Waals surface area contributed by atoms with Gasteiger partial charge in [-0.05, 0) is 53.4 Å². The normalized spacial score (nSPS) is 36.2. The molecule has 128 valence electrons. The second kappa shape index (κ2) is 4.94. The summed E-state index contributed by atoms with van der Waals surface area (Å²) < 4.78 is 0. The van der Waals surface area contributed by atoms with Crippen LogP contribution in [0.3, 0.4) is 0 Å². The molecule has 7 rings (SSSR count). The van der Waals surface area contributed by atoms with Crippen molar-refractivity contribution in [2.75, 3.05) is 4.90 Å². The smallest absolute Gasteiger partial charge is 0.238 e. The highest BCUT2D eigenvalue weighted by Crippen LogP contribution is 2.65. The van der Waals surface area contributed by atoms with Crippen LogP contribution >= 0.6 is 0 Å². The predicted octanol–water partition coefficient (Wildman–Crippen LogP) is 3.91. The first-order chi connectivity index (χ1) is 12.7. The SMILES string of the molecule is O=C1[C@H]2[C@@H]3C=C[C@H]([C@H]4C[C@H]34)[C@@H]2C(=O)N1c1ccc(-c2ccccc2)cc1. The molecule has 0 unspecified atom stereocenters. The number of imide groups is 1. The molecule has 2 saturated carbocycles. The summed E-state index contributed by atoms with van der Waals surface area (Å²) in [6, 6.07) is 17.9. The molecule has 1 aliphatic heterocycles. The van der Waals surface area contributed by atoms with Crippen LogP contribution in [0, 0.1) is 35.5 Å². The molecule has 0 N–H and O–H groups in total. The van der Waals surface area contributed by atoms with E-state index in [1.54, 1.807) is 0 Å². The molecule has 0 radical (unpaired) electrons. The molecule has 1 heterocycles. The number of carbonyl (C=O) groups is 2. The van der Waals surface area contributed by atoms with E-state index in [2.05, 4.69) is 24.3 Å². The third-order valence-electron chi connectivity index (χ3n) is 6.90. The number of benzene rings is 2. The van der Waals surface area contributed by atoms with Crippen molar-refractivity contribution in [3.05, 3.63) is 66.7 Å². The van der Waals surface area contributed by atoms with Gasteiger partial charge < -0.3 is 0 Å². The Labute approximate surface area is 152 Å². The summed E-state index contributed by atoms with van der Waals surface area (Å²) in [5, 5.41) is 0. The summed E-state index contributed by atoms with van der Waals surface area (Å²) in [5.41, 5.74) is 2.94. The van der Waals surface area contributed by atoms with Gasteiger partial charge in [0.1, 0.15) is 0 Å². The molecule has 2 aromatic carbocycles. The zero-order chi connectivity index (χ0) is 17.4. The van der Waals surface area contributed by atoms with Crippen molar-refractivity contribution in [3.8, 4) is 11.1 Å². The minimum Gasteiger partial charge on any atom is -0.274 e. The Morgan fingerprint density at radius 3 is 1.81 bits per heavy atom. The van der Waals surface area contributed by atoms with Crippen molar-refractivity contribution in [2.45, 2.75) is 6.42 Å². The Morgan fingerprint density at radius 1 is 0.692 bits per heavy atom. The van der Waals surface area contributed by atoms with Gasteiger partial charge in [-0.3, -0.25) is 14.5 Å². The lowest BCUT2D eigenvalue weighted by Crippen LogP contribution is -2.40. The lowest BCUT2D eigenvalue weighted by atomic mass is 9.63. The van der Waals surface area contributed by atoms with Crippen LogP contribution in [-0.2, 0) is 9.59 Å². The average Bonchev–Trinajstić information content (AvgIpc) is 3.47. The summed E-state index contributed by atoms with van der Waals surface area (Å²) in [4.78, 5) is 27.7. The summed E-state index contributed by atoms with van der Waals surface area (Å²) in [5.74, 6) is 1.60. The Kier molecular flexibility index (Phi) is 2.75. The fraction of sp³-hybridized carbons (Fsp3) is 0.304. The number of hydrogen-bond donors (Lipinski definition) is 0. The molecule has 26 heavy (non-hydrogen) atoms. The van der Waals surface area contributed by atoms with Crippen molar-refractivity contribution in [1.29, 1.82) is 0 Å². The quantitative estimate of drug-likeness (QED) is 0.613. The largest absolute Gasteiger partial charge is 0.274 e. The summed E-state index contributed by atoms with van der Waals surface area (Å²) in [7, 11) is 0. The molecule has 3 nitrogen and oxygen atoms in total. The van der Waals surface area contributed by atoms with Gasteiger partial charge in [-0.15, -0.1) is 0 Å². The topological polar surface area (TPSA) is 37.4 Å². The molecule has 0 spiro atoms. The highest BCUT2D eigenvalue weighted by molar-refractivity contribution is 6.22. The van der Waals surface area contributed by atoms with E-state index < -0.39 is 0 Å². The number of allylic oxidation sites excluding steroid dienone is 2. The van der Waals surface area contributed by atoms with Crippen molar-refractivity contribution in [3.63, 3.8) is 0 Å². The first kappa shape index (κ1) is 14.5. The highest BCUT2D eigenvalue weighted by Gasteiger charge is 2.67. The molecule has 2 amide bonds. The minimum atomic E-state index is -0.130. The van der Waals surface area contributed by atoms with Gasteiger partial charge >= 0.3 is 0 Å². The molecule has 2 aromatic rings. The number of anilines is 1. The van der Waals surface area contributed by atoms with E-state index in [-0.39, 0.29) is 35.5 Å². The first-order valence-corrected chi connectivity index (χ1v) is 9.45. The first-order valence-electron chi connectivity index (χ1n) is 9.45. The van der Waals surface area contributed by atoms with Crippen molar-refractivity contribution in [1.82, 2.24) is 0 Å². The van der Waals surface area contributed by atoms with E-state index in [4.69, 9.17) is 0 Å². The van der Waals surface area contributed by atoms with Crippen LogP contribution in [0.25, 0.3) is 11.1 Å². The van der Waals surface area contributed by atoms with Crippen LogP contribution < -0.4 is 4.90 Å². The maximum Gasteiger partial charge on any atom is 0.238 e. The van der Waals surface area contributed by atoms with Crippen LogP contribution in [0.1, 0.15) is 6.42 Å². The van der Waals surface area contributed by atoms with Crippen molar-refractivity contribution < 1.29 is 9.59 Å². The van der Waals surface area contributed by atoms with Gasteiger partial charge in [-0.1, -0.05) is 54.6 Å². The van der Waals surface area contributed by atoms with E-state index in [1.165, 1.54) is 11.3 Å². The second-order valence-electron chi connectivity index (χ2n) is 8.08. The third-order valence-corrected chi connectivity index (χ3v) is 6.90. The zero-order valence-corrected chi connectivity index (χ0v) is 14.3. The van der Waals surface area contributed by atoms with Gasteiger partial charge in [0.2, 0.25) is 11.8 Å². The zero-order valence-electron chi connectivity index (χ0n) is 14.3. The van der Waals surface area contributed by atoms with Crippen molar-refractivity contribution in [2.24, 2.45) is 35.5 Å². The van der Waals surface area contributed by atoms with E-state index in [0.29, 0.717) is 17.5 Å². The fourth-order valence-corrected chi connectivity index (χ4v) is 5.65. The maximum absolute atomic E-state index is 13.1. The summed E-state index contributed by atoms with van der Waals surface area (Å²) >= 11 is 0. The summed E-state index contributed by atoms with van der Waals surface area (Å²) in [6.45, 7) is 0. The molecular formula is C23H19NO2. The lowest BCUT2D eigenvalue weighted by molar-refractivity contribution is -0.124. The number of amides is 2. The van der Waals surface area contributed by atoms with Gasteiger partial charge in [0.15, 0.2) is 0 Å². The van der Waals surface area contributed by atoms with E-state index >= 15 is 0 Å². The molecule has 1 saturated heterocycles. The van der Waals surface area contributed by atoms with Crippen LogP contribution in [0.5, 0.6) is 0 Å². The van der Waals surface area contributed by atoms with Gasteiger partial charge in [0.25, 0.3) is 0 Å². The van der Waals surface area contributed by atoms with Crippen LogP contribution in [0.4, 0.5) is 5.69 Å². The van der Waals surface area contributed by atoms with Crippen molar-refractivity contribution >= 4 is 17.5 Å². The fourth-order valence-electron chi connectivity index (χ4n) is 5.65. The van der Waals surface area contributed by atoms with Crippen LogP contribution in [0.15, 0.2) is 66.7 Å². The number of hydrogen-bond acceptors (Lipinski definition) is 2. The molecule has 3 fully saturated rings. The van der Waals surface area contributed by atoms with E-state index in [0.717, 1.165) is 11.1 Å². The Balaban J connectivity index is 1.35. The minimum absolute atomic E-state index is 0.0113. The third kappa shape index (κ3) is 1.78. The number of carbonyl (C=O) groups excluding carboxylic acids is 2. The van der Waals surface area contributed by atoms with Crippen LogP contribution in [-0.4, -0.2) is 11.8 Å². The average molecular weight is 341 g/mol. The number of rotatable bonds is 2. The Morgan fingerprint density at radius 2 is 1.23 bits per heavy atom. The monoisotopic (exact) mass is 341 g/mol. The van der Waals surface area contributed by atoms with Gasteiger partial charge in [0, 0.05) is 0 Å². The molecule has 2 bridgehead atoms. The molecule has 4 aliphatic carbocycles. The second-order valence-corrected chi connectivity index (χ2v) is 8.08. The van der Waals surface area contributed by atoms with Gasteiger partial charge in [0.05, 0.1) is 17.5 Å².